The summed E-state index contributed by atoms with van der Waals surface area (Å²) in [6.07, 6.45) is 0. The van der Waals surface area contributed by atoms with Gasteiger partial charge in [-0.05, 0) is 29.8 Å². The van der Waals surface area contributed by atoms with E-state index >= 15 is 0 Å². The molecule has 35 heavy (non-hydrogen) atoms. The van der Waals surface area contributed by atoms with E-state index in [0.29, 0.717) is 22.4 Å². The first-order valence-corrected chi connectivity index (χ1v) is 11.4. The average Bonchev–Trinajstić information content (AvgIpc) is 2.89. The van der Waals surface area contributed by atoms with Gasteiger partial charge >= 0.3 is 0 Å². The summed E-state index contributed by atoms with van der Waals surface area (Å²) in [7, 11) is 1.43. The van der Waals surface area contributed by atoms with E-state index in [-0.39, 0.29) is 30.2 Å². The molecule has 0 saturated carbocycles. The van der Waals surface area contributed by atoms with Crippen LogP contribution in [0.5, 0.6) is 5.75 Å². The summed E-state index contributed by atoms with van der Waals surface area (Å²) in [5.41, 5.74) is 0.135. The number of aliphatic hydroxyl groups is 2. The van der Waals surface area contributed by atoms with Gasteiger partial charge in [0.1, 0.15) is 12.4 Å². The summed E-state index contributed by atoms with van der Waals surface area (Å²) in [5, 5.41) is 18.3. The number of ketones is 2. The Labute approximate surface area is 207 Å². The number of hydrogen-bond acceptors (Lipinski definition) is 6. The highest BCUT2D eigenvalue weighted by molar-refractivity contribution is 6.03. The number of methoxy groups -OCH3 is 1. The van der Waals surface area contributed by atoms with Gasteiger partial charge in [-0.2, -0.15) is 0 Å². The number of ether oxygens (including phenoxy) is 2. The van der Waals surface area contributed by atoms with Gasteiger partial charge in [0.05, 0.1) is 13.2 Å². The first-order chi connectivity index (χ1) is 16.7. The molecule has 0 aliphatic carbocycles. The van der Waals surface area contributed by atoms with Crippen LogP contribution in [0.4, 0.5) is 0 Å². The third-order valence-electron chi connectivity index (χ3n) is 5.37. The number of benzene rings is 3. The van der Waals surface area contributed by atoms with Gasteiger partial charge in [0.2, 0.25) is 5.78 Å². The summed E-state index contributed by atoms with van der Waals surface area (Å²) in [6, 6.07) is 24.9. The highest BCUT2D eigenvalue weighted by atomic mass is 16.5. The molecule has 0 heterocycles. The standard InChI is InChI=1S/C16H16O3.C13H18O3/c1-19-16(12-17,14-10-6-3-7-11-14)15(18)13-8-4-2-5-9-13;1-13(2,3)12(15)10-4-6-11(7-5-10)16-9-8-14/h2-11,17H,12H2,1H3;4-7,14H,8-9H2,1-3H3. The van der Waals surface area contributed by atoms with Crippen molar-refractivity contribution in [2.75, 3.05) is 26.9 Å². The van der Waals surface area contributed by atoms with Crippen LogP contribution in [0.2, 0.25) is 0 Å². The van der Waals surface area contributed by atoms with Gasteiger partial charge < -0.3 is 19.7 Å². The van der Waals surface area contributed by atoms with E-state index in [1.807, 2.05) is 45.0 Å². The lowest BCUT2D eigenvalue weighted by Crippen LogP contribution is -2.41. The highest BCUT2D eigenvalue weighted by Crippen LogP contribution is 2.29. The molecule has 0 amide bonds. The van der Waals surface area contributed by atoms with Crippen molar-refractivity contribution in [3.63, 3.8) is 0 Å². The molecule has 6 nitrogen and oxygen atoms in total. The Bertz CT molecular complexity index is 1050. The van der Waals surface area contributed by atoms with E-state index in [2.05, 4.69) is 0 Å². The van der Waals surface area contributed by atoms with Crippen LogP contribution in [0.15, 0.2) is 84.9 Å². The topological polar surface area (TPSA) is 93.1 Å². The molecule has 3 aromatic rings. The lowest BCUT2D eigenvalue weighted by molar-refractivity contribution is -0.0341. The number of Topliss-reactive ketones (excluding diaryl/α,β-unsaturated/α-hetero) is 2. The predicted molar refractivity (Wildman–Crippen MR) is 136 cm³/mol. The SMILES string of the molecule is CC(C)(C)C(=O)c1ccc(OCCO)cc1.COC(CO)(C(=O)c1ccccc1)c1ccccc1. The number of aliphatic hydroxyl groups excluding tert-OH is 2. The van der Waals surface area contributed by atoms with Crippen LogP contribution in [0.3, 0.4) is 0 Å². The zero-order valence-corrected chi connectivity index (χ0v) is 20.7. The summed E-state index contributed by atoms with van der Waals surface area (Å²) in [4.78, 5) is 24.6. The second-order valence-electron chi connectivity index (χ2n) is 8.93. The molecule has 3 rings (SSSR count). The predicted octanol–water partition coefficient (Wildman–Crippen LogP) is 4.69. The summed E-state index contributed by atoms with van der Waals surface area (Å²) in [5.74, 6) is 0.532. The molecule has 1 unspecified atom stereocenters. The maximum atomic E-state index is 12.6. The Morgan fingerprint density at radius 1 is 0.743 bits per heavy atom. The molecule has 0 spiro atoms. The fourth-order valence-corrected chi connectivity index (χ4v) is 3.40. The molecule has 2 N–H and O–H groups in total. The van der Waals surface area contributed by atoms with E-state index in [1.54, 1.807) is 60.7 Å². The van der Waals surface area contributed by atoms with Gasteiger partial charge in [0.25, 0.3) is 0 Å². The molecule has 0 aliphatic rings. The van der Waals surface area contributed by atoms with Gasteiger partial charge in [0.15, 0.2) is 11.4 Å². The second kappa shape index (κ2) is 13.0. The van der Waals surface area contributed by atoms with Gasteiger partial charge in [0, 0.05) is 23.7 Å². The zero-order valence-electron chi connectivity index (χ0n) is 20.7. The van der Waals surface area contributed by atoms with E-state index < -0.39 is 12.2 Å². The lowest BCUT2D eigenvalue weighted by atomic mass is 9.86. The minimum atomic E-state index is -1.34. The molecule has 186 valence electrons. The third kappa shape index (κ3) is 7.33. The van der Waals surface area contributed by atoms with Crippen molar-refractivity contribution in [3.05, 3.63) is 102 Å². The van der Waals surface area contributed by atoms with Gasteiger partial charge in [-0.15, -0.1) is 0 Å². The molecule has 0 aliphatic heterocycles. The van der Waals surface area contributed by atoms with Crippen LogP contribution in [-0.2, 0) is 10.3 Å². The largest absolute Gasteiger partial charge is 0.491 e. The van der Waals surface area contributed by atoms with E-state index in [1.165, 1.54) is 7.11 Å². The molecular weight excluding hydrogens is 444 g/mol. The third-order valence-corrected chi connectivity index (χ3v) is 5.37. The highest BCUT2D eigenvalue weighted by Gasteiger charge is 2.40. The van der Waals surface area contributed by atoms with Crippen molar-refractivity contribution in [2.45, 2.75) is 26.4 Å². The Morgan fingerprint density at radius 3 is 1.71 bits per heavy atom. The van der Waals surface area contributed by atoms with Crippen molar-refractivity contribution in [1.82, 2.24) is 0 Å². The molecule has 3 aromatic carbocycles. The van der Waals surface area contributed by atoms with Crippen molar-refractivity contribution < 1.29 is 29.3 Å². The molecule has 0 fully saturated rings. The smallest absolute Gasteiger partial charge is 0.201 e. The maximum Gasteiger partial charge on any atom is 0.201 e. The molecule has 0 saturated heterocycles. The van der Waals surface area contributed by atoms with Crippen LogP contribution in [0.1, 0.15) is 47.1 Å². The zero-order chi connectivity index (χ0) is 25.9. The van der Waals surface area contributed by atoms with Crippen molar-refractivity contribution >= 4 is 11.6 Å². The van der Waals surface area contributed by atoms with Crippen LogP contribution in [-0.4, -0.2) is 48.7 Å². The van der Waals surface area contributed by atoms with E-state index in [0.717, 1.165) is 0 Å². The second-order valence-corrected chi connectivity index (χ2v) is 8.93. The fourth-order valence-electron chi connectivity index (χ4n) is 3.40. The fraction of sp³-hybridized carbons (Fsp3) is 0.310. The van der Waals surface area contributed by atoms with Crippen molar-refractivity contribution in [1.29, 1.82) is 0 Å². The van der Waals surface area contributed by atoms with E-state index in [9.17, 15) is 14.7 Å². The van der Waals surface area contributed by atoms with Crippen LogP contribution in [0.25, 0.3) is 0 Å². The van der Waals surface area contributed by atoms with Crippen LogP contribution < -0.4 is 4.74 Å². The Balaban J connectivity index is 0.000000251. The lowest BCUT2D eigenvalue weighted by Gasteiger charge is -2.29. The number of hydrogen-bond donors (Lipinski definition) is 2. The number of carbonyl (C=O) groups excluding carboxylic acids is 2. The minimum absolute atomic E-state index is 0.0112. The Hall–Kier alpha value is -3.32. The molecule has 0 bridgehead atoms. The van der Waals surface area contributed by atoms with Gasteiger partial charge in [-0.3, -0.25) is 9.59 Å². The van der Waals surface area contributed by atoms with Crippen LogP contribution >= 0.6 is 0 Å². The first-order valence-electron chi connectivity index (χ1n) is 11.4. The molecule has 1 atom stereocenters. The number of rotatable bonds is 9. The number of carbonyl (C=O) groups is 2. The van der Waals surface area contributed by atoms with Crippen molar-refractivity contribution in [2.24, 2.45) is 5.41 Å². The van der Waals surface area contributed by atoms with Crippen LogP contribution in [0, 0.1) is 5.41 Å². The average molecular weight is 479 g/mol. The minimum Gasteiger partial charge on any atom is -0.491 e. The maximum absolute atomic E-state index is 12.6. The summed E-state index contributed by atoms with van der Waals surface area (Å²) >= 11 is 0. The summed E-state index contributed by atoms with van der Waals surface area (Å²) in [6.45, 7) is 5.54. The molecule has 0 aromatic heterocycles. The van der Waals surface area contributed by atoms with Gasteiger partial charge in [-0.25, -0.2) is 0 Å². The van der Waals surface area contributed by atoms with Gasteiger partial charge in [-0.1, -0.05) is 81.4 Å². The Morgan fingerprint density at radius 2 is 1.26 bits per heavy atom. The summed E-state index contributed by atoms with van der Waals surface area (Å²) < 4.78 is 10.6. The monoisotopic (exact) mass is 478 g/mol. The Kier molecular flexibility index (Phi) is 10.3. The quantitative estimate of drug-likeness (QED) is 0.434. The molecule has 6 heteroatoms. The molecular formula is C29H34O6. The van der Waals surface area contributed by atoms with Crippen molar-refractivity contribution in [3.8, 4) is 5.75 Å². The normalized spacial score (nSPS) is 12.6. The van der Waals surface area contributed by atoms with E-state index in [4.69, 9.17) is 14.6 Å². The first kappa shape index (κ1) is 27.9. The molecule has 0 radical (unpaired) electrons.